The highest BCUT2D eigenvalue weighted by atomic mass is 16.5. The molecular weight excluding hydrogens is 114 g/mol. The summed E-state index contributed by atoms with van der Waals surface area (Å²) >= 11 is 0. The number of hydrogen-bond donors (Lipinski definition) is 0. The molecule has 0 rings (SSSR count). The van der Waals surface area contributed by atoms with Crippen molar-refractivity contribution in [2.75, 3.05) is 21.2 Å². The van der Waals surface area contributed by atoms with Crippen LogP contribution in [0.25, 0.3) is 0 Å². The fraction of sp³-hybridized carbons (Fsp3) is 1.00. The minimum atomic E-state index is 0.319. The first-order valence-electron chi connectivity index (χ1n) is 3.28. The van der Waals surface area contributed by atoms with Crippen LogP contribution >= 0.6 is 0 Å². The van der Waals surface area contributed by atoms with E-state index in [4.69, 9.17) is 4.74 Å². The van der Waals surface area contributed by atoms with Crippen molar-refractivity contribution in [3.05, 3.63) is 0 Å². The first-order chi connectivity index (χ1) is 4.09. The second-order valence-corrected chi connectivity index (χ2v) is 2.65. The van der Waals surface area contributed by atoms with Crippen LogP contribution in [0.2, 0.25) is 0 Å². The Morgan fingerprint density at radius 3 is 1.78 bits per heavy atom. The lowest BCUT2D eigenvalue weighted by molar-refractivity contribution is 0.0533. The molecule has 0 aromatic heterocycles. The van der Waals surface area contributed by atoms with Gasteiger partial charge in [-0.15, -0.1) is 0 Å². The summed E-state index contributed by atoms with van der Waals surface area (Å²) in [5, 5.41) is 0. The first kappa shape index (κ1) is 8.92. The summed E-state index contributed by atoms with van der Waals surface area (Å²) in [4.78, 5) is 2.15. The summed E-state index contributed by atoms with van der Waals surface area (Å²) in [5.74, 6) is 0. The molecule has 0 saturated heterocycles. The van der Waals surface area contributed by atoms with Gasteiger partial charge in [-0.3, -0.25) is 0 Å². The van der Waals surface area contributed by atoms with Gasteiger partial charge in [0.05, 0.1) is 6.10 Å². The van der Waals surface area contributed by atoms with Gasteiger partial charge in [-0.05, 0) is 27.9 Å². The highest BCUT2D eigenvalue weighted by molar-refractivity contribution is 4.66. The van der Waals surface area contributed by atoms with E-state index in [1.165, 1.54) is 0 Å². The van der Waals surface area contributed by atoms with E-state index in [1.807, 2.05) is 0 Å². The van der Waals surface area contributed by atoms with Crippen molar-refractivity contribution >= 4 is 0 Å². The smallest absolute Gasteiger partial charge is 0.0695 e. The molecule has 0 aromatic rings. The van der Waals surface area contributed by atoms with Crippen molar-refractivity contribution in [3.8, 4) is 0 Å². The molecule has 0 bridgehead atoms. The Morgan fingerprint density at radius 2 is 1.67 bits per heavy atom. The molecule has 0 amide bonds. The summed E-state index contributed by atoms with van der Waals surface area (Å²) in [5.41, 5.74) is 0. The van der Waals surface area contributed by atoms with E-state index in [0.717, 1.165) is 0 Å². The van der Waals surface area contributed by atoms with Gasteiger partial charge in [0.25, 0.3) is 0 Å². The molecule has 1 unspecified atom stereocenters. The molecule has 0 N–H and O–H groups in total. The average molecular weight is 131 g/mol. The highest BCUT2D eigenvalue weighted by Gasteiger charge is 2.11. The molecule has 0 aromatic carbocycles. The van der Waals surface area contributed by atoms with Gasteiger partial charge in [0.2, 0.25) is 0 Å². The topological polar surface area (TPSA) is 12.5 Å². The number of ether oxygens (including phenoxy) is 1. The number of rotatable bonds is 3. The molecule has 56 valence electrons. The van der Waals surface area contributed by atoms with Crippen LogP contribution in [-0.4, -0.2) is 38.3 Å². The summed E-state index contributed by atoms with van der Waals surface area (Å²) in [6, 6.07) is 0.495. The van der Waals surface area contributed by atoms with Gasteiger partial charge < -0.3 is 9.64 Å². The van der Waals surface area contributed by atoms with Crippen molar-refractivity contribution in [2.45, 2.75) is 26.0 Å². The predicted octanol–water partition coefficient (Wildman–Crippen LogP) is 0.971. The average Bonchev–Trinajstić information content (AvgIpc) is 1.84. The molecule has 0 aliphatic rings. The Morgan fingerprint density at radius 1 is 1.22 bits per heavy atom. The van der Waals surface area contributed by atoms with E-state index >= 15 is 0 Å². The zero-order valence-electron chi connectivity index (χ0n) is 7.01. The van der Waals surface area contributed by atoms with Crippen LogP contribution in [0.1, 0.15) is 13.8 Å². The molecule has 0 aliphatic heterocycles. The van der Waals surface area contributed by atoms with E-state index < -0.39 is 0 Å². The van der Waals surface area contributed by atoms with Crippen molar-refractivity contribution in [2.24, 2.45) is 0 Å². The standard InChI is InChI=1S/C7H17NO/c1-6(8(3)4)7(2)9-5/h6-7H,1-5H3/t6-,7?/m0/s1. The van der Waals surface area contributed by atoms with Crippen LogP contribution < -0.4 is 0 Å². The lowest BCUT2D eigenvalue weighted by atomic mass is 10.2. The van der Waals surface area contributed by atoms with Crippen molar-refractivity contribution < 1.29 is 4.74 Å². The maximum absolute atomic E-state index is 5.13. The molecule has 0 fully saturated rings. The summed E-state index contributed by atoms with van der Waals surface area (Å²) in [7, 11) is 5.85. The van der Waals surface area contributed by atoms with E-state index in [1.54, 1.807) is 7.11 Å². The summed E-state index contributed by atoms with van der Waals surface area (Å²) < 4.78 is 5.13. The van der Waals surface area contributed by atoms with Gasteiger partial charge in [0.15, 0.2) is 0 Å². The quantitative estimate of drug-likeness (QED) is 0.566. The SMILES string of the molecule is COC(C)[C@H](C)N(C)C. The van der Waals surface area contributed by atoms with Gasteiger partial charge in [0, 0.05) is 13.2 Å². The fourth-order valence-corrected chi connectivity index (χ4v) is 0.617. The third kappa shape index (κ3) is 2.82. The van der Waals surface area contributed by atoms with Crippen LogP contribution in [0.15, 0.2) is 0 Å². The summed E-state index contributed by atoms with van der Waals surface area (Å²) in [6.07, 6.45) is 0.319. The third-order valence-corrected chi connectivity index (χ3v) is 1.87. The Balaban J connectivity index is 3.58. The molecule has 2 atom stereocenters. The molecule has 0 heterocycles. The number of nitrogens with zero attached hydrogens (tertiary/aromatic N) is 1. The van der Waals surface area contributed by atoms with E-state index in [2.05, 4.69) is 32.8 Å². The van der Waals surface area contributed by atoms with Crippen LogP contribution in [0.3, 0.4) is 0 Å². The Bertz CT molecular complexity index is 73.3. The van der Waals surface area contributed by atoms with Crippen LogP contribution in [0, 0.1) is 0 Å². The fourth-order valence-electron chi connectivity index (χ4n) is 0.617. The summed E-state index contributed by atoms with van der Waals surface area (Å²) in [6.45, 7) is 4.22. The first-order valence-corrected chi connectivity index (χ1v) is 3.28. The maximum atomic E-state index is 5.13. The molecule has 2 nitrogen and oxygen atoms in total. The molecule has 0 aliphatic carbocycles. The Hall–Kier alpha value is -0.0800. The zero-order chi connectivity index (χ0) is 7.44. The second-order valence-electron chi connectivity index (χ2n) is 2.65. The molecule has 0 spiro atoms. The predicted molar refractivity (Wildman–Crippen MR) is 39.6 cm³/mol. The third-order valence-electron chi connectivity index (χ3n) is 1.87. The van der Waals surface area contributed by atoms with Gasteiger partial charge in [-0.1, -0.05) is 0 Å². The van der Waals surface area contributed by atoms with E-state index in [0.29, 0.717) is 12.1 Å². The lowest BCUT2D eigenvalue weighted by Gasteiger charge is -2.24. The van der Waals surface area contributed by atoms with Gasteiger partial charge in [0.1, 0.15) is 0 Å². The largest absolute Gasteiger partial charge is 0.380 e. The van der Waals surface area contributed by atoms with Gasteiger partial charge in [-0.25, -0.2) is 0 Å². The van der Waals surface area contributed by atoms with Gasteiger partial charge in [-0.2, -0.15) is 0 Å². The highest BCUT2D eigenvalue weighted by Crippen LogP contribution is 2.00. The number of methoxy groups -OCH3 is 1. The van der Waals surface area contributed by atoms with Crippen molar-refractivity contribution in [3.63, 3.8) is 0 Å². The van der Waals surface area contributed by atoms with Crippen molar-refractivity contribution in [1.29, 1.82) is 0 Å². The van der Waals surface area contributed by atoms with Crippen LogP contribution in [0.5, 0.6) is 0 Å². The van der Waals surface area contributed by atoms with Crippen molar-refractivity contribution in [1.82, 2.24) is 4.90 Å². The normalized spacial score (nSPS) is 18.0. The van der Waals surface area contributed by atoms with Gasteiger partial charge >= 0.3 is 0 Å². The van der Waals surface area contributed by atoms with E-state index in [-0.39, 0.29) is 0 Å². The van der Waals surface area contributed by atoms with E-state index in [9.17, 15) is 0 Å². The minimum Gasteiger partial charge on any atom is -0.380 e. The monoisotopic (exact) mass is 131 g/mol. The number of hydrogen-bond acceptors (Lipinski definition) is 2. The van der Waals surface area contributed by atoms with Crippen LogP contribution in [0.4, 0.5) is 0 Å². The molecular formula is C7H17NO. The molecule has 0 radical (unpaired) electrons. The van der Waals surface area contributed by atoms with Crippen LogP contribution in [-0.2, 0) is 4.74 Å². The second kappa shape index (κ2) is 3.85. The number of likely N-dealkylation sites (N-methyl/N-ethyl adjacent to an activating group) is 1. The minimum absolute atomic E-state index is 0.319. The Labute approximate surface area is 57.8 Å². The zero-order valence-corrected chi connectivity index (χ0v) is 7.01. The molecule has 9 heavy (non-hydrogen) atoms. The molecule has 0 saturated carbocycles. The Kier molecular flexibility index (Phi) is 3.82. The maximum Gasteiger partial charge on any atom is 0.0695 e. The molecule has 2 heteroatoms. The lowest BCUT2D eigenvalue weighted by Crippen LogP contribution is -2.35.